The van der Waals surface area contributed by atoms with Gasteiger partial charge in [-0.2, -0.15) is 0 Å². The van der Waals surface area contributed by atoms with Crippen LogP contribution in [0.4, 0.5) is 5.69 Å². The zero-order valence-corrected chi connectivity index (χ0v) is 18.7. The third-order valence-corrected chi connectivity index (χ3v) is 5.10. The molecule has 0 spiro atoms. The first-order valence-corrected chi connectivity index (χ1v) is 10.9. The van der Waals surface area contributed by atoms with E-state index in [4.69, 9.17) is 17.0 Å². The van der Waals surface area contributed by atoms with Gasteiger partial charge < -0.3 is 10.1 Å². The van der Waals surface area contributed by atoms with E-state index in [-0.39, 0.29) is 11.0 Å². The number of benzene rings is 3. The van der Waals surface area contributed by atoms with E-state index in [0.717, 1.165) is 24.3 Å². The van der Waals surface area contributed by atoms with E-state index in [0.29, 0.717) is 18.1 Å². The fraction of sp³-hybridized carbons (Fsp3) is 0.231. The van der Waals surface area contributed by atoms with Crippen LogP contribution >= 0.6 is 12.2 Å². The molecule has 1 amide bonds. The van der Waals surface area contributed by atoms with Gasteiger partial charge in [0.05, 0.1) is 6.61 Å². The van der Waals surface area contributed by atoms with Gasteiger partial charge in [-0.3, -0.25) is 10.1 Å². The van der Waals surface area contributed by atoms with Gasteiger partial charge in [0, 0.05) is 11.3 Å². The first kappa shape index (κ1) is 22.5. The van der Waals surface area contributed by atoms with Gasteiger partial charge in [-0.1, -0.05) is 56.3 Å². The number of thiocarbonyl (C=S) groups is 1. The molecular weight excluding hydrogens is 404 g/mol. The van der Waals surface area contributed by atoms with Gasteiger partial charge in [0.1, 0.15) is 5.75 Å². The predicted molar refractivity (Wildman–Crippen MR) is 131 cm³/mol. The summed E-state index contributed by atoms with van der Waals surface area (Å²) >= 11 is 5.27. The summed E-state index contributed by atoms with van der Waals surface area (Å²) in [7, 11) is 0. The van der Waals surface area contributed by atoms with Crippen molar-refractivity contribution in [3.05, 3.63) is 95.6 Å². The average molecular weight is 433 g/mol. The van der Waals surface area contributed by atoms with E-state index in [1.54, 1.807) is 0 Å². The van der Waals surface area contributed by atoms with Crippen molar-refractivity contribution in [3.63, 3.8) is 0 Å². The van der Waals surface area contributed by atoms with Crippen LogP contribution in [0.25, 0.3) is 0 Å². The minimum Gasteiger partial charge on any atom is -0.494 e. The summed E-state index contributed by atoms with van der Waals surface area (Å²) in [5.74, 6) is 1.00. The lowest BCUT2D eigenvalue weighted by Crippen LogP contribution is -2.34. The zero-order chi connectivity index (χ0) is 22.1. The Morgan fingerprint density at radius 1 is 0.935 bits per heavy atom. The lowest BCUT2D eigenvalue weighted by atomic mass is 10.0. The molecule has 160 valence electrons. The molecular formula is C26H28N2O2S. The highest BCUT2D eigenvalue weighted by atomic mass is 32.1. The number of carbonyl (C=O) groups is 1. The molecule has 0 unspecified atom stereocenters. The van der Waals surface area contributed by atoms with E-state index in [2.05, 4.69) is 48.7 Å². The number of hydrogen-bond acceptors (Lipinski definition) is 3. The number of rotatable bonds is 8. The van der Waals surface area contributed by atoms with E-state index < -0.39 is 0 Å². The molecule has 0 aliphatic rings. The maximum atomic E-state index is 12.4. The first-order valence-electron chi connectivity index (χ1n) is 10.5. The Hall–Kier alpha value is -3.18. The second-order valence-electron chi connectivity index (χ2n) is 7.65. The van der Waals surface area contributed by atoms with Crippen molar-refractivity contribution in [2.45, 2.75) is 32.6 Å². The molecule has 0 aliphatic carbocycles. The third-order valence-electron chi connectivity index (χ3n) is 4.90. The van der Waals surface area contributed by atoms with Crippen molar-refractivity contribution in [2.75, 3.05) is 11.9 Å². The second kappa shape index (κ2) is 11.3. The van der Waals surface area contributed by atoms with Crippen LogP contribution in [0, 0.1) is 0 Å². The van der Waals surface area contributed by atoms with Crippen LogP contribution in [-0.2, 0) is 6.42 Å². The Morgan fingerprint density at radius 3 is 2.26 bits per heavy atom. The SMILES string of the molecule is CC(C)c1ccc(C(=O)NC(=S)Nc2ccc(OCCCc3ccccc3)cc2)cc1. The third kappa shape index (κ3) is 7.23. The van der Waals surface area contributed by atoms with Crippen molar-refractivity contribution in [3.8, 4) is 5.75 Å². The molecule has 31 heavy (non-hydrogen) atoms. The summed E-state index contributed by atoms with van der Waals surface area (Å²) in [5, 5.41) is 6.01. The number of nitrogens with one attached hydrogen (secondary N) is 2. The number of hydrogen-bond donors (Lipinski definition) is 2. The van der Waals surface area contributed by atoms with Gasteiger partial charge in [0.2, 0.25) is 0 Å². The highest BCUT2D eigenvalue weighted by Gasteiger charge is 2.09. The lowest BCUT2D eigenvalue weighted by molar-refractivity contribution is 0.0977. The summed E-state index contributed by atoms with van der Waals surface area (Å²) < 4.78 is 5.81. The number of amides is 1. The molecule has 5 heteroatoms. The van der Waals surface area contributed by atoms with Gasteiger partial charge in [-0.25, -0.2) is 0 Å². The van der Waals surface area contributed by atoms with Gasteiger partial charge in [0.15, 0.2) is 5.11 Å². The van der Waals surface area contributed by atoms with Crippen molar-refractivity contribution in [1.29, 1.82) is 0 Å². The van der Waals surface area contributed by atoms with Crippen LogP contribution in [0.1, 0.15) is 47.7 Å². The molecule has 0 aromatic heterocycles. The summed E-state index contributed by atoms with van der Waals surface area (Å²) in [4.78, 5) is 12.4. The molecule has 0 heterocycles. The van der Waals surface area contributed by atoms with Crippen LogP contribution in [0.2, 0.25) is 0 Å². The van der Waals surface area contributed by atoms with Gasteiger partial charge in [0.25, 0.3) is 5.91 Å². The van der Waals surface area contributed by atoms with Crippen molar-refractivity contribution >= 4 is 28.9 Å². The van der Waals surface area contributed by atoms with E-state index in [9.17, 15) is 4.79 Å². The van der Waals surface area contributed by atoms with Gasteiger partial charge >= 0.3 is 0 Å². The molecule has 3 rings (SSSR count). The fourth-order valence-electron chi connectivity index (χ4n) is 3.10. The Bertz CT molecular complexity index is 984. The summed E-state index contributed by atoms with van der Waals surface area (Å²) in [6, 6.07) is 25.5. The Labute approximate surface area is 189 Å². The Balaban J connectivity index is 1.42. The molecule has 0 bridgehead atoms. The molecule has 3 aromatic rings. The highest BCUT2D eigenvalue weighted by molar-refractivity contribution is 7.80. The number of carbonyl (C=O) groups excluding carboxylic acids is 1. The van der Waals surface area contributed by atoms with Crippen LogP contribution in [0.3, 0.4) is 0 Å². The summed E-state index contributed by atoms with van der Waals surface area (Å²) in [6.07, 6.45) is 1.95. The molecule has 0 aliphatic heterocycles. The molecule has 0 saturated heterocycles. The summed E-state index contributed by atoms with van der Waals surface area (Å²) in [6.45, 7) is 4.90. The minimum atomic E-state index is -0.230. The maximum Gasteiger partial charge on any atom is 0.257 e. The van der Waals surface area contributed by atoms with Crippen molar-refractivity contribution in [1.82, 2.24) is 5.32 Å². The minimum absolute atomic E-state index is 0.230. The van der Waals surface area contributed by atoms with Crippen LogP contribution < -0.4 is 15.4 Å². The normalized spacial score (nSPS) is 10.5. The van der Waals surface area contributed by atoms with E-state index in [1.165, 1.54) is 11.1 Å². The average Bonchev–Trinajstić information content (AvgIpc) is 2.78. The maximum absolute atomic E-state index is 12.4. The molecule has 0 atom stereocenters. The van der Waals surface area contributed by atoms with Crippen LogP contribution in [0.15, 0.2) is 78.9 Å². The highest BCUT2D eigenvalue weighted by Crippen LogP contribution is 2.17. The second-order valence-corrected chi connectivity index (χ2v) is 8.06. The summed E-state index contributed by atoms with van der Waals surface area (Å²) in [5.41, 5.74) is 3.88. The molecule has 0 fully saturated rings. The molecule has 2 N–H and O–H groups in total. The first-order chi connectivity index (χ1) is 15.0. The number of aryl methyl sites for hydroxylation is 1. The fourth-order valence-corrected chi connectivity index (χ4v) is 3.31. The predicted octanol–water partition coefficient (Wildman–Crippen LogP) is 5.95. The molecule has 0 radical (unpaired) electrons. The smallest absolute Gasteiger partial charge is 0.257 e. The van der Waals surface area contributed by atoms with E-state index in [1.807, 2.05) is 54.6 Å². The lowest BCUT2D eigenvalue weighted by Gasteiger charge is -2.11. The number of anilines is 1. The zero-order valence-electron chi connectivity index (χ0n) is 17.9. The molecule has 0 saturated carbocycles. The van der Waals surface area contributed by atoms with Crippen molar-refractivity contribution in [2.24, 2.45) is 0 Å². The monoisotopic (exact) mass is 432 g/mol. The number of ether oxygens (including phenoxy) is 1. The largest absolute Gasteiger partial charge is 0.494 e. The van der Waals surface area contributed by atoms with Gasteiger partial charge in [-0.05, 0) is 78.5 Å². The molecule has 3 aromatic carbocycles. The quantitative estimate of drug-likeness (QED) is 0.341. The van der Waals surface area contributed by atoms with Crippen LogP contribution in [-0.4, -0.2) is 17.6 Å². The van der Waals surface area contributed by atoms with E-state index >= 15 is 0 Å². The Morgan fingerprint density at radius 2 is 1.61 bits per heavy atom. The van der Waals surface area contributed by atoms with Gasteiger partial charge in [-0.15, -0.1) is 0 Å². The Kier molecular flexibility index (Phi) is 8.19. The van der Waals surface area contributed by atoms with Crippen molar-refractivity contribution < 1.29 is 9.53 Å². The topological polar surface area (TPSA) is 50.4 Å². The van der Waals surface area contributed by atoms with Crippen LogP contribution in [0.5, 0.6) is 5.75 Å². The standard InChI is InChI=1S/C26H28N2O2S/c1-19(2)21-10-12-22(13-11-21)25(29)28-26(31)27-23-14-16-24(17-15-23)30-18-6-9-20-7-4-3-5-8-20/h3-5,7-8,10-17,19H,6,9,18H2,1-2H3,(H2,27,28,29,31). The molecule has 4 nitrogen and oxygen atoms in total.